The maximum atomic E-state index is 13.4. The van der Waals surface area contributed by atoms with Gasteiger partial charge in [0.15, 0.2) is 0 Å². The third-order valence-electron chi connectivity index (χ3n) is 4.93. The molecule has 22 heavy (non-hydrogen) atoms. The zero-order chi connectivity index (χ0) is 15.9. The molecule has 3 rings (SSSR count). The SMILES string of the molecule is COc1ccc(F)cc1C(=O)N1CCC2(CC1)C[C@H]2C(=O)O. The van der Waals surface area contributed by atoms with E-state index in [1.54, 1.807) is 4.90 Å². The van der Waals surface area contributed by atoms with Crippen molar-refractivity contribution in [3.8, 4) is 5.75 Å². The fraction of sp³-hybridized carbons (Fsp3) is 0.500. The van der Waals surface area contributed by atoms with Crippen LogP contribution in [0.2, 0.25) is 0 Å². The van der Waals surface area contributed by atoms with Gasteiger partial charge in [0.2, 0.25) is 0 Å². The lowest BCUT2D eigenvalue weighted by Crippen LogP contribution is -2.40. The number of hydrogen-bond donors (Lipinski definition) is 1. The summed E-state index contributed by atoms with van der Waals surface area (Å²) in [5.41, 5.74) is 0.0817. The van der Waals surface area contributed by atoms with Crippen molar-refractivity contribution in [3.63, 3.8) is 0 Å². The van der Waals surface area contributed by atoms with Crippen molar-refractivity contribution in [1.29, 1.82) is 0 Å². The summed E-state index contributed by atoms with van der Waals surface area (Å²) in [5, 5.41) is 9.08. The second-order valence-corrected chi connectivity index (χ2v) is 6.09. The molecule has 0 radical (unpaired) electrons. The van der Waals surface area contributed by atoms with Gasteiger partial charge < -0.3 is 14.7 Å². The molecule has 1 aliphatic carbocycles. The van der Waals surface area contributed by atoms with Crippen molar-refractivity contribution in [2.45, 2.75) is 19.3 Å². The summed E-state index contributed by atoms with van der Waals surface area (Å²) in [6.45, 7) is 1.00. The van der Waals surface area contributed by atoms with E-state index in [4.69, 9.17) is 9.84 Å². The predicted molar refractivity (Wildman–Crippen MR) is 76.3 cm³/mol. The predicted octanol–water partition coefficient (Wildman–Crippen LogP) is 2.16. The number of halogens is 1. The molecule has 1 N–H and O–H groups in total. The van der Waals surface area contributed by atoms with Gasteiger partial charge in [-0.2, -0.15) is 0 Å². The third kappa shape index (κ3) is 2.42. The fourth-order valence-corrected chi connectivity index (χ4v) is 3.42. The fourth-order valence-electron chi connectivity index (χ4n) is 3.42. The topological polar surface area (TPSA) is 66.8 Å². The van der Waals surface area contributed by atoms with Crippen LogP contribution in [0.3, 0.4) is 0 Å². The van der Waals surface area contributed by atoms with Crippen molar-refractivity contribution in [2.24, 2.45) is 11.3 Å². The van der Waals surface area contributed by atoms with E-state index in [0.29, 0.717) is 38.1 Å². The number of likely N-dealkylation sites (tertiary alicyclic amines) is 1. The third-order valence-corrected chi connectivity index (χ3v) is 4.93. The standard InChI is InChI=1S/C16H18FNO4/c1-22-13-3-2-10(17)8-11(13)14(19)18-6-4-16(5-7-18)9-12(16)15(20)21/h2-3,8,12H,4-7,9H2,1H3,(H,20,21)/t12-/m0/s1. The van der Waals surface area contributed by atoms with Gasteiger partial charge in [-0.25, -0.2) is 4.39 Å². The summed E-state index contributed by atoms with van der Waals surface area (Å²) >= 11 is 0. The number of carbonyl (C=O) groups is 2. The molecule has 2 fully saturated rings. The lowest BCUT2D eigenvalue weighted by molar-refractivity contribution is -0.139. The number of carboxylic acid groups (broad SMARTS) is 1. The Morgan fingerprint density at radius 3 is 2.59 bits per heavy atom. The first kappa shape index (κ1) is 14.8. The minimum Gasteiger partial charge on any atom is -0.496 e. The average molecular weight is 307 g/mol. The number of aliphatic carboxylic acids is 1. The normalized spacial score (nSPS) is 22.5. The number of amides is 1. The van der Waals surface area contributed by atoms with E-state index in [9.17, 15) is 14.0 Å². The van der Waals surface area contributed by atoms with E-state index < -0.39 is 11.8 Å². The lowest BCUT2D eigenvalue weighted by Gasteiger charge is -2.33. The van der Waals surface area contributed by atoms with Gasteiger partial charge in [-0.15, -0.1) is 0 Å². The van der Waals surface area contributed by atoms with Crippen LogP contribution in [0.5, 0.6) is 5.75 Å². The number of nitrogens with zero attached hydrogens (tertiary/aromatic N) is 1. The zero-order valence-electron chi connectivity index (χ0n) is 12.3. The van der Waals surface area contributed by atoms with Crippen LogP contribution in [-0.4, -0.2) is 42.1 Å². The van der Waals surface area contributed by atoms with Gasteiger partial charge in [0.25, 0.3) is 5.91 Å². The number of methoxy groups -OCH3 is 1. The molecule has 1 aromatic rings. The van der Waals surface area contributed by atoms with E-state index >= 15 is 0 Å². The van der Waals surface area contributed by atoms with Gasteiger partial charge in [0.05, 0.1) is 18.6 Å². The van der Waals surface area contributed by atoms with E-state index in [1.165, 1.54) is 25.3 Å². The minimum atomic E-state index is -0.744. The quantitative estimate of drug-likeness (QED) is 0.929. The average Bonchev–Trinajstić information content (AvgIpc) is 3.21. The first-order chi connectivity index (χ1) is 10.5. The number of piperidine rings is 1. The molecular formula is C16H18FNO4. The number of carbonyl (C=O) groups excluding carboxylic acids is 1. The van der Waals surface area contributed by atoms with E-state index in [-0.39, 0.29) is 22.8 Å². The van der Waals surface area contributed by atoms with Crippen molar-refractivity contribution in [2.75, 3.05) is 20.2 Å². The molecule has 6 heteroatoms. The van der Waals surface area contributed by atoms with Crippen molar-refractivity contribution < 1.29 is 23.8 Å². The molecule has 1 atom stereocenters. The van der Waals surface area contributed by atoms with Gasteiger partial charge in [-0.3, -0.25) is 9.59 Å². The Morgan fingerprint density at radius 2 is 2.05 bits per heavy atom. The molecule has 1 aromatic carbocycles. The molecule has 1 spiro atoms. The summed E-state index contributed by atoms with van der Waals surface area (Å²) in [5.74, 6) is -1.41. The Hall–Kier alpha value is -2.11. The smallest absolute Gasteiger partial charge is 0.307 e. The molecule has 1 amide bonds. The van der Waals surface area contributed by atoms with Gasteiger partial charge in [-0.1, -0.05) is 0 Å². The highest BCUT2D eigenvalue weighted by molar-refractivity contribution is 5.97. The maximum absolute atomic E-state index is 13.4. The van der Waals surface area contributed by atoms with Crippen molar-refractivity contribution in [1.82, 2.24) is 4.90 Å². The zero-order valence-corrected chi connectivity index (χ0v) is 12.3. The van der Waals surface area contributed by atoms with Crippen LogP contribution in [0, 0.1) is 17.2 Å². The van der Waals surface area contributed by atoms with Crippen LogP contribution >= 0.6 is 0 Å². The van der Waals surface area contributed by atoms with Crippen LogP contribution in [0.15, 0.2) is 18.2 Å². The van der Waals surface area contributed by atoms with Gasteiger partial charge in [0.1, 0.15) is 11.6 Å². The van der Waals surface area contributed by atoms with Gasteiger partial charge in [0, 0.05) is 13.1 Å². The highest BCUT2D eigenvalue weighted by atomic mass is 19.1. The Kier molecular flexibility index (Phi) is 3.54. The summed E-state index contributed by atoms with van der Waals surface area (Å²) < 4.78 is 18.5. The van der Waals surface area contributed by atoms with E-state index in [1.807, 2.05) is 0 Å². The first-order valence-corrected chi connectivity index (χ1v) is 7.32. The molecule has 0 unspecified atom stereocenters. The minimum absolute atomic E-state index is 0.130. The van der Waals surface area contributed by atoms with Crippen molar-refractivity contribution in [3.05, 3.63) is 29.6 Å². The van der Waals surface area contributed by atoms with Gasteiger partial charge in [-0.05, 0) is 42.9 Å². The summed E-state index contributed by atoms with van der Waals surface area (Å²) in [6.07, 6.45) is 2.08. The molecule has 118 valence electrons. The molecule has 2 aliphatic rings. The number of benzene rings is 1. The number of hydrogen-bond acceptors (Lipinski definition) is 3. The van der Waals surface area contributed by atoms with Crippen LogP contribution in [0.1, 0.15) is 29.6 Å². The van der Waals surface area contributed by atoms with E-state index in [2.05, 4.69) is 0 Å². The van der Waals surface area contributed by atoms with Crippen LogP contribution in [-0.2, 0) is 4.79 Å². The molecule has 1 aliphatic heterocycles. The summed E-state index contributed by atoms with van der Waals surface area (Å²) in [6, 6.07) is 3.88. The maximum Gasteiger partial charge on any atom is 0.307 e. The molecule has 0 bridgehead atoms. The largest absolute Gasteiger partial charge is 0.496 e. The van der Waals surface area contributed by atoms with Crippen LogP contribution in [0.4, 0.5) is 4.39 Å². The van der Waals surface area contributed by atoms with Crippen LogP contribution in [0.25, 0.3) is 0 Å². The second kappa shape index (κ2) is 5.26. The molecule has 1 heterocycles. The summed E-state index contributed by atoms with van der Waals surface area (Å²) in [7, 11) is 1.44. The second-order valence-electron chi connectivity index (χ2n) is 6.09. The van der Waals surface area contributed by atoms with E-state index in [0.717, 1.165) is 0 Å². The Morgan fingerprint density at radius 1 is 1.36 bits per heavy atom. The number of carboxylic acids is 1. The highest BCUT2D eigenvalue weighted by Crippen LogP contribution is 2.59. The molecule has 1 saturated heterocycles. The molecule has 5 nitrogen and oxygen atoms in total. The Bertz CT molecular complexity index is 623. The lowest BCUT2D eigenvalue weighted by atomic mass is 9.90. The molecule has 0 aromatic heterocycles. The Balaban J connectivity index is 1.71. The Labute approximate surface area is 127 Å². The van der Waals surface area contributed by atoms with Crippen molar-refractivity contribution >= 4 is 11.9 Å². The highest BCUT2D eigenvalue weighted by Gasteiger charge is 2.59. The number of rotatable bonds is 3. The summed E-state index contributed by atoms with van der Waals surface area (Å²) in [4.78, 5) is 25.2. The first-order valence-electron chi connectivity index (χ1n) is 7.32. The monoisotopic (exact) mass is 307 g/mol. The molecular weight excluding hydrogens is 289 g/mol. The number of ether oxygens (including phenoxy) is 1. The van der Waals surface area contributed by atoms with Gasteiger partial charge >= 0.3 is 5.97 Å². The molecule has 1 saturated carbocycles. The van der Waals surface area contributed by atoms with Crippen LogP contribution < -0.4 is 4.74 Å².